The van der Waals surface area contributed by atoms with Gasteiger partial charge >= 0.3 is 0 Å². The highest BCUT2D eigenvalue weighted by atomic mass is 16.2. The number of rotatable bonds is 1. The van der Waals surface area contributed by atoms with Crippen molar-refractivity contribution in [1.29, 1.82) is 0 Å². The molecule has 1 aromatic heterocycles. The Morgan fingerprint density at radius 2 is 1.94 bits per heavy atom. The second-order valence-electron chi connectivity index (χ2n) is 3.90. The van der Waals surface area contributed by atoms with Crippen LogP contribution >= 0.6 is 0 Å². The summed E-state index contributed by atoms with van der Waals surface area (Å²) in [7, 11) is 0. The van der Waals surface area contributed by atoms with Gasteiger partial charge in [-0.3, -0.25) is 9.78 Å². The van der Waals surface area contributed by atoms with Crippen LogP contribution in [0.15, 0.2) is 47.8 Å². The molecule has 1 amide bonds. The molecule has 0 radical (unpaired) electrons. The van der Waals surface area contributed by atoms with Gasteiger partial charge in [0.1, 0.15) is 0 Å². The minimum Gasteiger partial charge on any atom is -0.322 e. The second-order valence-corrected chi connectivity index (χ2v) is 3.90. The molecule has 5 heteroatoms. The average molecular weight is 238 g/mol. The lowest BCUT2D eigenvalue weighted by molar-refractivity contribution is -0.110. The number of nitrogens with one attached hydrogen (secondary N) is 1. The molecule has 0 unspecified atom stereocenters. The summed E-state index contributed by atoms with van der Waals surface area (Å²) in [6, 6.07) is 9.41. The molecule has 1 aromatic carbocycles. The van der Waals surface area contributed by atoms with E-state index in [9.17, 15) is 4.79 Å². The standard InChI is InChI=1S/C13H10N4O/c14-17-12-11-9(8-4-6-15-7-5-8)2-1-3-10(11)16-13(12)18/h1-7H,14H2,(H,16,17,18). The van der Waals surface area contributed by atoms with Gasteiger partial charge in [0.25, 0.3) is 5.91 Å². The van der Waals surface area contributed by atoms with E-state index in [1.807, 2.05) is 30.3 Å². The number of nitrogens with zero attached hydrogens (tertiary/aromatic N) is 2. The molecule has 0 bridgehead atoms. The van der Waals surface area contributed by atoms with Crippen LogP contribution in [0.2, 0.25) is 0 Å². The van der Waals surface area contributed by atoms with Crippen molar-refractivity contribution in [3.05, 3.63) is 48.3 Å². The zero-order valence-corrected chi connectivity index (χ0v) is 9.42. The fraction of sp³-hybridized carbons (Fsp3) is 0. The van der Waals surface area contributed by atoms with Gasteiger partial charge in [-0.25, -0.2) is 0 Å². The highest BCUT2D eigenvalue weighted by Gasteiger charge is 2.28. The SMILES string of the molecule is N/N=C1\C(=O)Nc2cccc(-c3ccncc3)c21. The van der Waals surface area contributed by atoms with E-state index < -0.39 is 0 Å². The van der Waals surface area contributed by atoms with E-state index in [-0.39, 0.29) is 11.6 Å². The van der Waals surface area contributed by atoms with E-state index in [2.05, 4.69) is 15.4 Å². The van der Waals surface area contributed by atoms with Gasteiger partial charge in [-0.05, 0) is 29.3 Å². The molecule has 0 aliphatic carbocycles. The molecule has 1 aliphatic rings. The Bertz CT molecular complexity index is 649. The van der Waals surface area contributed by atoms with E-state index >= 15 is 0 Å². The van der Waals surface area contributed by atoms with Crippen LogP contribution in [0.3, 0.4) is 0 Å². The summed E-state index contributed by atoms with van der Waals surface area (Å²) in [4.78, 5) is 15.7. The zero-order chi connectivity index (χ0) is 12.5. The van der Waals surface area contributed by atoms with Gasteiger partial charge in [0.2, 0.25) is 0 Å². The predicted octanol–water partition coefficient (Wildman–Crippen LogP) is 1.36. The maximum atomic E-state index is 11.7. The summed E-state index contributed by atoms with van der Waals surface area (Å²) in [6.45, 7) is 0. The average Bonchev–Trinajstić information content (AvgIpc) is 2.74. The van der Waals surface area contributed by atoms with Crippen LogP contribution < -0.4 is 11.2 Å². The van der Waals surface area contributed by atoms with Gasteiger partial charge in [-0.2, -0.15) is 5.10 Å². The van der Waals surface area contributed by atoms with E-state index in [0.717, 1.165) is 22.4 Å². The number of benzene rings is 1. The van der Waals surface area contributed by atoms with Gasteiger partial charge < -0.3 is 11.2 Å². The minimum absolute atomic E-state index is 0.261. The lowest BCUT2D eigenvalue weighted by Crippen LogP contribution is -2.16. The summed E-state index contributed by atoms with van der Waals surface area (Å²) in [6.07, 6.45) is 3.41. The highest BCUT2D eigenvalue weighted by molar-refractivity contribution is 6.54. The zero-order valence-electron chi connectivity index (χ0n) is 9.42. The van der Waals surface area contributed by atoms with E-state index in [0.29, 0.717) is 0 Å². The maximum Gasteiger partial charge on any atom is 0.276 e. The number of amides is 1. The first-order valence-electron chi connectivity index (χ1n) is 5.44. The largest absolute Gasteiger partial charge is 0.322 e. The molecule has 0 atom stereocenters. The van der Waals surface area contributed by atoms with Crippen LogP contribution in [-0.2, 0) is 4.79 Å². The van der Waals surface area contributed by atoms with E-state index in [1.165, 1.54) is 0 Å². The van der Waals surface area contributed by atoms with Crippen molar-refractivity contribution in [3.63, 3.8) is 0 Å². The molecule has 1 aliphatic heterocycles. The Labute approximate surface area is 103 Å². The molecule has 0 spiro atoms. The molecule has 0 saturated heterocycles. The Morgan fingerprint density at radius 1 is 1.17 bits per heavy atom. The summed E-state index contributed by atoms with van der Waals surface area (Å²) >= 11 is 0. The summed E-state index contributed by atoms with van der Waals surface area (Å²) in [5.74, 6) is 5.03. The van der Waals surface area contributed by atoms with Crippen molar-refractivity contribution >= 4 is 17.3 Å². The van der Waals surface area contributed by atoms with Crippen molar-refractivity contribution in [3.8, 4) is 11.1 Å². The molecule has 88 valence electrons. The maximum absolute atomic E-state index is 11.7. The van der Waals surface area contributed by atoms with E-state index in [4.69, 9.17) is 5.84 Å². The van der Waals surface area contributed by atoms with Crippen LogP contribution in [0.1, 0.15) is 5.56 Å². The van der Waals surface area contributed by atoms with E-state index in [1.54, 1.807) is 12.4 Å². The first kappa shape index (κ1) is 10.5. The van der Waals surface area contributed by atoms with Crippen LogP contribution in [0.4, 0.5) is 5.69 Å². The Morgan fingerprint density at radius 3 is 2.67 bits per heavy atom. The number of fused-ring (bicyclic) bond motifs is 1. The van der Waals surface area contributed by atoms with Crippen molar-refractivity contribution in [1.82, 2.24) is 4.98 Å². The lowest BCUT2D eigenvalue weighted by Gasteiger charge is -2.06. The first-order chi connectivity index (χ1) is 8.81. The monoisotopic (exact) mass is 238 g/mol. The molecular formula is C13H10N4O. The number of hydrazone groups is 1. The van der Waals surface area contributed by atoms with Crippen molar-refractivity contribution in [2.45, 2.75) is 0 Å². The fourth-order valence-electron chi connectivity index (χ4n) is 2.10. The first-order valence-corrected chi connectivity index (χ1v) is 5.44. The summed E-state index contributed by atoms with van der Waals surface area (Å²) < 4.78 is 0. The number of pyridine rings is 1. The van der Waals surface area contributed by atoms with Gasteiger partial charge in [0, 0.05) is 18.0 Å². The normalized spacial score (nSPS) is 15.6. The number of nitrogens with two attached hydrogens (primary N) is 1. The molecule has 2 heterocycles. The third-order valence-corrected chi connectivity index (χ3v) is 2.88. The molecular weight excluding hydrogens is 228 g/mol. The predicted molar refractivity (Wildman–Crippen MR) is 69.0 cm³/mol. The number of hydrogen-bond acceptors (Lipinski definition) is 4. The number of carbonyl (C=O) groups excluding carboxylic acids is 1. The lowest BCUT2D eigenvalue weighted by atomic mass is 9.98. The van der Waals surface area contributed by atoms with Crippen LogP contribution in [-0.4, -0.2) is 16.6 Å². The second kappa shape index (κ2) is 3.96. The van der Waals surface area contributed by atoms with Crippen molar-refractivity contribution in [2.75, 3.05) is 5.32 Å². The molecule has 18 heavy (non-hydrogen) atoms. The van der Waals surface area contributed by atoms with Gasteiger partial charge in [0.05, 0.1) is 5.69 Å². The third-order valence-electron chi connectivity index (χ3n) is 2.88. The van der Waals surface area contributed by atoms with Gasteiger partial charge in [-0.1, -0.05) is 12.1 Å². The fourth-order valence-corrected chi connectivity index (χ4v) is 2.10. The van der Waals surface area contributed by atoms with Crippen LogP contribution in [0, 0.1) is 0 Å². The van der Waals surface area contributed by atoms with Crippen molar-refractivity contribution < 1.29 is 4.79 Å². The van der Waals surface area contributed by atoms with Gasteiger partial charge in [-0.15, -0.1) is 0 Å². The molecule has 3 rings (SSSR count). The highest BCUT2D eigenvalue weighted by Crippen LogP contribution is 2.33. The Balaban J connectivity index is 2.26. The number of carbonyl (C=O) groups is 1. The van der Waals surface area contributed by atoms with Gasteiger partial charge in [0.15, 0.2) is 5.71 Å². The third kappa shape index (κ3) is 1.45. The molecule has 5 nitrogen and oxygen atoms in total. The number of hydrogen-bond donors (Lipinski definition) is 2. The number of anilines is 1. The number of aromatic nitrogens is 1. The summed E-state index contributed by atoms with van der Waals surface area (Å²) in [5, 5.41) is 6.33. The topological polar surface area (TPSA) is 80.4 Å². The molecule has 0 saturated carbocycles. The molecule has 2 aromatic rings. The molecule has 3 N–H and O–H groups in total. The Hall–Kier alpha value is -2.69. The smallest absolute Gasteiger partial charge is 0.276 e. The molecule has 0 fully saturated rings. The van der Waals surface area contributed by atoms with Crippen LogP contribution in [0.25, 0.3) is 11.1 Å². The minimum atomic E-state index is -0.269. The van der Waals surface area contributed by atoms with Crippen LogP contribution in [0.5, 0.6) is 0 Å². The Kier molecular flexibility index (Phi) is 2.30. The quantitative estimate of drug-likeness (QED) is 0.581. The van der Waals surface area contributed by atoms with Crippen molar-refractivity contribution in [2.24, 2.45) is 10.9 Å². The summed E-state index contributed by atoms with van der Waals surface area (Å²) in [5.41, 5.74) is 3.63.